The van der Waals surface area contributed by atoms with E-state index < -0.39 is 57.3 Å². The zero-order valence-electron chi connectivity index (χ0n) is 32.4. The van der Waals surface area contributed by atoms with Crippen molar-refractivity contribution in [2.24, 2.45) is 16.1 Å². The Morgan fingerprint density at radius 3 is 2.24 bits per heavy atom. The zero-order chi connectivity index (χ0) is 41.1. The smallest absolute Gasteiger partial charge is 0.326 e. The van der Waals surface area contributed by atoms with Crippen molar-refractivity contribution in [2.45, 2.75) is 98.2 Å². The van der Waals surface area contributed by atoms with Gasteiger partial charge in [-0.25, -0.2) is 17.9 Å². The number of rotatable bonds is 19. The number of hydrogen-bond donors (Lipinski definition) is 6. The number of amides is 3. The third-order valence-corrected chi connectivity index (χ3v) is 11.1. The number of sulfonamides is 1. The maximum atomic E-state index is 13.9. The molecule has 0 saturated heterocycles. The van der Waals surface area contributed by atoms with Crippen molar-refractivity contribution >= 4 is 39.7 Å². The minimum atomic E-state index is -4.18. The minimum Gasteiger partial charge on any atom is -0.490 e. The predicted molar refractivity (Wildman–Crippen MR) is 210 cm³/mol. The molecule has 0 radical (unpaired) electrons. The highest BCUT2D eigenvalue weighted by Gasteiger charge is 2.43. The number of fused-ring (bicyclic) bond motifs is 1. The molecule has 1 aliphatic carbocycles. The van der Waals surface area contributed by atoms with Crippen LogP contribution in [0.4, 0.5) is 0 Å². The van der Waals surface area contributed by atoms with Gasteiger partial charge in [0.15, 0.2) is 0 Å². The first-order valence-corrected chi connectivity index (χ1v) is 19.5. The highest BCUT2D eigenvalue weighted by atomic mass is 32.2. The Balaban J connectivity index is 1.81. The number of ether oxygens (including phenoxy) is 2. The first-order valence-electron chi connectivity index (χ1n) is 18.0. The molecular formula is C39H54N6O9S. The van der Waals surface area contributed by atoms with E-state index in [0.717, 1.165) is 11.1 Å². The van der Waals surface area contributed by atoms with Crippen LogP contribution in [0.25, 0.3) is 0 Å². The first kappa shape index (κ1) is 44.0. The topological polar surface area (TPSA) is 228 Å². The molecule has 0 bridgehead atoms. The number of nitrogens with one attached hydrogen (secondary N) is 4. The summed E-state index contributed by atoms with van der Waals surface area (Å²) in [5.41, 5.74) is 8.25. The van der Waals surface area contributed by atoms with Gasteiger partial charge in [-0.05, 0) is 81.7 Å². The number of carboxylic acids is 1. The van der Waals surface area contributed by atoms with Crippen LogP contribution in [0.3, 0.4) is 0 Å². The molecule has 3 atom stereocenters. The molecule has 55 heavy (non-hydrogen) atoms. The Bertz CT molecular complexity index is 1900. The van der Waals surface area contributed by atoms with Crippen molar-refractivity contribution < 1.29 is 42.2 Å². The van der Waals surface area contributed by atoms with Gasteiger partial charge in [0.2, 0.25) is 23.7 Å². The molecule has 7 N–H and O–H groups in total. The quantitative estimate of drug-likeness (QED) is 0.0517. The van der Waals surface area contributed by atoms with Gasteiger partial charge in [0.1, 0.15) is 42.0 Å². The largest absolute Gasteiger partial charge is 0.490 e. The fourth-order valence-electron chi connectivity index (χ4n) is 6.43. The molecule has 1 aliphatic heterocycles. The second-order valence-electron chi connectivity index (χ2n) is 14.1. The van der Waals surface area contributed by atoms with Crippen LogP contribution < -0.4 is 31.1 Å². The van der Waals surface area contributed by atoms with E-state index in [-0.39, 0.29) is 43.1 Å². The molecule has 1 heterocycles. The number of carboxylic acid groups (broad SMARTS) is 1. The maximum absolute atomic E-state index is 13.9. The fourth-order valence-corrected chi connectivity index (χ4v) is 8.24. The Kier molecular flexibility index (Phi) is 15.4. The predicted octanol–water partition coefficient (Wildman–Crippen LogP) is 3.62. The molecule has 300 valence electrons. The van der Waals surface area contributed by atoms with E-state index in [1.807, 2.05) is 27.7 Å². The molecule has 3 amide bonds. The summed E-state index contributed by atoms with van der Waals surface area (Å²) in [6.07, 6.45) is 4.25. The van der Waals surface area contributed by atoms with Crippen LogP contribution in [0.1, 0.15) is 79.2 Å². The standard InChI is InChI=1S/C39H54N6O9S/c1-9-12-31(37(49)50)44-35(47)30(43-36(48)32(42-26(6)46)22-27-14-16-28(17-15-27)53-21-10-2)13-11-20-41-38(40)45-55(51,52)34-33-23(3)24(4)54-25(5)29(33)18-19-39(34,7)8/h9-10,14-17,30-32H,1-2,11-13,18-22H2,3-8H3,(H,42,46)(H,43,48)(H,44,47)(H,49,50)(H3,40,41,45)/t30-,31-,32+/m0/s1. The van der Waals surface area contributed by atoms with Gasteiger partial charge in [0, 0.05) is 30.9 Å². The van der Waals surface area contributed by atoms with Crippen molar-refractivity contribution in [3.63, 3.8) is 0 Å². The van der Waals surface area contributed by atoms with E-state index in [9.17, 15) is 32.7 Å². The molecule has 15 nitrogen and oxygen atoms in total. The van der Waals surface area contributed by atoms with Crippen molar-refractivity contribution in [1.29, 1.82) is 0 Å². The number of carbonyl (C=O) groups is 4. The Morgan fingerprint density at radius 2 is 1.64 bits per heavy atom. The number of aliphatic carboxylic acids is 1. The van der Waals surface area contributed by atoms with E-state index in [2.05, 4.69) is 38.8 Å². The highest BCUT2D eigenvalue weighted by molar-refractivity contribution is 7.94. The lowest BCUT2D eigenvalue weighted by Gasteiger charge is -2.38. The molecule has 0 spiro atoms. The zero-order valence-corrected chi connectivity index (χ0v) is 33.2. The van der Waals surface area contributed by atoms with Gasteiger partial charge in [-0.1, -0.05) is 44.7 Å². The number of nitrogens with zero attached hydrogens (tertiary/aromatic N) is 1. The van der Waals surface area contributed by atoms with Gasteiger partial charge < -0.3 is 36.3 Å². The van der Waals surface area contributed by atoms with Crippen molar-refractivity contribution in [2.75, 3.05) is 13.2 Å². The monoisotopic (exact) mass is 782 g/mol. The van der Waals surface area contributed by atoms with Crippen molar-refractivity contribution in [3.05, 3.63) is 88.3 Å². The SMILES string of the molecule is C=CCOc1ccc(C[C@@H](NC(C)=O)C(=O)N[C@@H](CCCN=C(N)NS(=O)(=O)C2=C3C(C)=C(C)OC(C)=C3CCC2(C)C)C(=O)N[C@@H](CC=C)C(=O)O)cc1. The lowest BCUT2D eigenvalue weighted by molar-refractivity contribution is -0.142. The van der Waals surface area contributed by atoms with E-state index >= 15 is 0 Å². The lowest BCUT2D eigenvalue weighted by atomic mass is 9.74. The average Bonchev–Trinajstić information content (AvgIpc) is 3.09. The van der Waals surface area contributed by atoms with Gasteiger partial charge in [0.05, 0.1) is 4.91 Å². The number of nitrogens with two attached hydrogens (primary N) is 1. The molecule has 0 aromatic heterocycles. The molecule has 16 heteroatoms. The summed E-state index contributed by atoms with van der Waals surface area (Å²) < 4.78 is 41.6. The molecule has 1 aromatic carbocycles. The third kappa shape index (κ3) is 12.1. The van der Waals surface area contributed by atoms with Crippen LogP contribution in [0, 0.1) is 5.41 Å². The highest BCUT2D eigenvalue weighted by Crippen LogP contribution is 2.50. The summed E-state index contributed by atoms with van der Waals surface area (Å²) in [5, 5.41) is 17.3. The summed E-state index contributed by atoms with van der Waals surface area (Å²) >= 11 is 0. The van der Waals surface area contributed by atoms with Crippen LogP contribution in [-0.2, 0) is 40.4 Å². The summed E-state index contributed by atoms with van der Waals surface area (Å²) in [7, 11) is -4.18. The Hall–Kier alpha value is -5.38. The number of carbonyl (C=O) groups excluding carboxylic acids is 3. The second-order valence-corrected chi connectivity index (χ2v) is 15.7. The molecule has 0 saturated carbocycles. The average molecular weight is 783 g/mol. The number of hydrogen-bond acceptors (Lipinski definition) is 9. The first-order chi connectivity index (χ1) is 25.8. The minimum absolute atomic E-state index is 0.0390. The molecule has 2 aliphatic rings. The number of allylic oxidation sites excluding steroid dienone is 6. The summed E-state index contributed by atoms with van der Waals surface area (Å²) in [4.78, 5) is 55.3. The van der Waals surface area contributed by atoms with E-state index in [4.69, 9.17) is 15.2 Å². The Labute approximate surface area is 323 Å². The van der Waals surface area contributed by atoms with Crippen LogP contribution in [0.5, 0.6) is 5.75 Å². The molecule has 3 rings (SSSR count). The van der Waals surface area contributed by atoms with Crippen LogP contribution in [0.2, 0.25) is 0 Å². The fraction of sp³-hybridized carbons (Fsp3) is 0.462. The molecule has 0 unspecified atom stereocenters. The number of benzene rings is 1. The van der Waals surface area contributed by atoms with E-state index in [1.165, 1.54) is 13.0 Å². The lowest BCUT2D eigenvalue weighted by Crippen LogP contribution is -2.56. The third-order valence-electron chi connectivity index (χ3n) is 9.29. The number of guanidine groups is 1. The summed E-state index contributed by atoms with van der Waals surface area (Å²) in [6, 6.07) is 3.24. The second kappa shape index (κ2) is 19.3. The van der Waals surface area contributed by atoms with E-state index in [1.54, 1.807) is 37.3 Å². The van der Waals surface area contributed by atoms with Crippen LogP contribution in [-0.4, -0.2) is 74.5 Å². The van der Waals surface area contributed by atoms with Gasteiger partial charge in [-0.2, -0.15) is 0 Å². The van der Waals surface area contributed by atoms with Gasteiger partial charge in [-0.3, -0.25) is 19.4 Å². The summed E-state index contributed by atoms with van der Waals surface area (Å²) in [5.74, 6) is -1.76. The number of aliphatic imine (C=N–C) groups is 1. The van der Waals surface area contributed by atoms with Gasteiger partial charge in [0.25, 0.3) is 10.0 Å². The normalized spacial score (nSPS) is 17.2. The van der Waals surface area contributed by atoms with Crippen molar-refractivity contribution in [3.8, 4) is 5.75 Å². The van der Waals surface area contributed by atoms with Crippen molar-refractivity contribution in [1.82, 2.24) is 20.7 Å². The van der Waals surface area contributed by atoms with Crippen LogP contribution >= 0.6 is 0 Å². The molecular weight excluding hydrogens is 729 g/mol. The molecule has 1 aromatic rings. The Morgan fingerprint density at radius 1 is 1.00 bits per heavy atom. The molecule has 0 fully saturated rings. The van der Waals surface area contributed by atoms with Crippen LogP contribution in [0.15, 0.2) is 87.7 Å². The summed E-state index contributed by atoms with van der Waals surface area (Å²) in [6.45, 7) is 17.8. The van der Waals surface area contributed by atoms with Gasteiger partial charge >= 0.3 is 5.97 Å². The van der Waals surface area contributed by atoms with E-state index in [0.29, 0.717) is 47.9 Å². The van der Waals surface area contributed by atoms with Gasteiger partial charge in [-0.15, -0.1) is 6.58 Å². The maximum Gasteiger partial charge on any atom is 0.326 e.